The van der Waals surface area contributed by atoms with Crippen LogP contribution in [0.1, 0.15) is 15.9 Å². The highest BCUT2D eigenvalue weighted by molar-refractivity contribution is 7.08. The molecule has 3 aromatic carbocycles. The lowest BCUT2D eigenvalue weighted by molar-refractivity contribution is 0.102. The van der Waals surface area contributed by atoms with Crippen LogP contribution < -0.4 is 16.0 Å². The molecule has 0 aliphatic rings. The van der Waals surface area contributed by atoms with Gasteiger partial charge in [0.25, 0.3) is 5.91 Å². The first-order valence-corrected chi connectivity index (χ1v) is 10.9. The molecular formula is C25H21N3O3S. The Morgan fingerprint density at radius 1 is 0.812 bits per heavy atom. The van der Waals surface area contributed by atoms with E-state index < -0.39 is 6.03 Å². The summed E-state index contributed by atoms with van der Waals surface area (Å²) >= 11 is 1.56. The van der Waals surface area contributed by atoms with Crippen molar-refractivity contribution < 1.29 is 14.7 Å². The smallest absolute Gasteiger partial charge is 0.323 e. The zero-order chi connectivity index (χ0) is 22.3. The van der Waals surface area contributed by atoms with E-state index in [0.29, 0.717) is 28.2 Å². The monoisotopic (exact) mass is 443 g/mol. The molecule has 1 heterocycles. The molecule has 0 spiro atoms. The van der Waals surface area contributed by atoms with E-state index in [1.54, 1.807) is 65.9 Å². The summed E-state index contributed by atoms with van der Waals surface area (Å²) in [6, 6.07) is 22.9. The van der Waals surface area contributed by atoms with Crippen molar-refractivity contribution in [3.05, 3.63) is 101 Å². The van der Waals surface area contributed by atoms with Crippen molar-refractivity contribution in [2.75, 3.05) is 16.0 Å². The Hall–Kier alpha value is -3.94. The second-order valence-electron chi connectivity index (χ2n) is 7.03. The number of hydrogen-bond acceptors (Lipinski definition) is 4. The van der Waals surface area contributed by atoms with Gasteiger partial charge < -0.3 is 21.1 Å². The Morgan fingerprint density at radius 2 is 1.62 bits per heavy atom. The van der Waals surface area contributed by atoms with Crippen LogP contribution in [0.4, 0.5) is 21.9 Å². The number of urea groups is 1. The zero-order valence-electron chi connectivity index (χ0n) is 17.0. The normalized spacial score (nSPS) is 10.4. The van der Waals surface area contributed by atoms with Crippen molar-refractivity contribution in [1.29, 1.82) is 0 Å². The van der Waals surface area contributed by atoms with Gasteiger partial charge in [-0.15, -0.1) is 0 Å². The van der Waals surface area contributed by atoms with E-state index >= 15 is 0 Å². The van der Waals surface area contributed by atoms with E-state index in [0.717, 1.165) is 11.1 Å². The Kier molecular flexibility index (Phi) is 6.60. The summed E-state index contributed by atoms with van der Waals surface area (Å²) in [6.45, 7) is -0.109. The average molecular weight is 444 g/mol. The fourth-order valence-electron chi connectivity index (χ4n) is 3.22. The van der Waals surface area contributed by atoms with Gasteiger partial charge in [0.2, 0.25) is 0 Å². The van der Waals surface area contributed by atoms with Gasteiger partial charge in [-0.2, -0.15) is 11.3 Å². The van der Waals surface area contributed by atoms with Gasteiger partial charge in [0.1, 0.15) is 0 Å². The average Bonchev–Trinajstić information content (AvgIpc) is 3.34. The summed E-state index contributed by atoms with van der Waals surface area (Å²) in [6.07, 6.45) is 0. The van der Waals surface area contributed by atoms with Crippen molar-refractivity contribution in [3.63, 3.8) is 0 Å². The van der Waals surface area contributed by atoms with Crippen molar-refractivity contribution in [2.24, 2.45) is 0 Å². The van der Waals surface area contributed by atoms with Crippen LogP contribution in [0.25, 0.3) is 11.1 Å². The Morgan fingerprint density at radius 3 is 2.38 bits per heavy atom. The minimum atomic E-state index is -0.428. The summed E-state index contributed by atoms with van der Waals surface area (Å²) in [5.74, 6) is -0.231. The lowest BCUT2D eigenvalue weighted by atomic mass is 10.1. The Bertz CT molecular complexity index is 1220. The lowest BCUT2D eigenvalue weighted by Gasteiger charge is -2.14. The number of amides is 3. The van der Waals surface area contributed by atoms with Gasteiger partial charge in [-0.25, -0.2) is 4.79 Å². The molecule has 6 nitrogen and oxygen atoms in total. The fourth-order valence-corrected chi connectivity index (χ4v) is 3.88. The van der Waals surface area contributed by atoms with Crippen molar-refractivity contribution in [2.45, 2.75) is 6.61 Å². The zero-order valence-corrected chi connectivity index (χ0v) is 17.9. The van der Waals surface area contributed by atoms with Gasteiger partial charge in [-0.1, -0.05) is 36.4 Å². The standard InChI is InChI=1S/C25H21N3O3S/c29-15-17-5-4-8-20(13-17)27-25(31)28-23-14-21(9-10-22(23)19-11-12-32-16-19)26-24(30)18-6-2-1-3-7-18/h1-14,16,29H,15H2,(H,26,30)(H2,27,28,31). The number of hydrogen-bond donors (Lipinski definition) is 4. The minimum absolute atomic E-state index is 0.109. The maximum Gasteiger partial charge on any atom is 0.323 e. The number of carbonyl (C=O) groups is 2. The van der Waals surface area contributed by atoms with E-state index in [-0.39, 0.29) is 12.5 Å². The van der Waals surface area contributed by atoms with E-state index in [1.165, 1.54) is 0 Å². The molecule has 3 amide bonds. The van der Waals surface area contributed by atoms with Gasteiger partial charge in [0, 0.05) is 22.5 Å². The molecule has 0 aliphatic carbocycles. The van der Waals surface area contributed by atoms with Crippen molar-refractivity contribution in [1.82, 2.24) is 0 Å². The van der Waals surface area contributed by atoms with Crippen LogP contribution in [0.15, 0.2) is 89.6 Å². The number of anilines is 3. The van der Waals surface area contributed by atoms with Gasteiger partial charge in [0.05, 0.1) is 12.3 Å². The largest absolute Gasteiger partial charge is 0.392 e. The van der Waals surface area contributed by atoms with Crippen molar-refractivity contribution >= 4 is 40.3 Å². The highest BCUT2D eigenvalue weighted by atomic mass is 32.1. The first-order chi connectivity index (χ1) is 15.6. The second-order valence-corrected chi connectivity index (χ2v) is 7.81. The van der Waals surface area contributed by atoms with E-state index in [4.69, 9.17) is 0 Å². The predicted molar refractivity (Wildman–Crippen MR) is 129 cm³/mol. The number of aliphatic hydroxyl groups excluding tert-OH is 1. The third-order valence-corrected chi connectivity index (χ3v) is 5.44. The molecule has 4 N–H and O–H groups in total. The molecule has 4 aromatic rings. The minimum Gasteiger partial charge on any atom is -0.392 e. The maximum atomic E-state index is 12.7. The molecule has 0 saturated carbocycles. The van der Waals surface area contributed by atoms with Crippen LogP contribution in [-0.4, -0.2) is 17.0 Å². The number of benzene rings is 3. The van der Waals surface area contributed by atoms with Crippen LogP contribution in [0, 0.1) is 0 Å². The molecule has 160 valence electrons. The first-order valence-electron chi connectivity index (χ1n) is 9.93. The highest BCUT2D eigenvalue weighted by Gasteiger charge is 2.13. The van der Waals surface area contributed by atoms with Gasteiger partial charge in [-0.05, 0) is 64.4 Å². The molecule has 4 rings (SSSR count). The van der Waals surface area contributed by atoms with Crippen LogP contribution in [0.5, 0.6) is 0 Å². The van der Waals surface area contributed by atoms with Crippen LogP contribution in [-0.2, 0) is 6.61 Å². The number of aliphatic hydroxyl groups is 1. The molecule has 0 aliphatic heterocycles. The van der Waals surface area contributed by atoms with E-state index in [1.807, 2.05) is 35.0 Å². The van der Waals surface area contributed by atoms with Crippen LogP contribution in [0.2, 0.25) is 0 Å². The fraction of sp³-hybridized carbons (Fsp3) is 0.0400. The summed E-state index contributed by atoms with van der Waals surface area (Å²) in [5.41, 5.74) is 4.75. The molecular weight excluding hydrogens is 422 g/mol. The number of carbonyl (C=O) groups excluding carboxylic acids is 2. The summed E-state index contributed by atoms with van der Waals surface area (Å²) in [7, 11) is 0. The van der Waals surface area contributed by atoms with Gasteiger partial charge >= 0.3 is 6.03 Å². The molecule has 0 bridgehead atoms. The van der Waals surface area contributed by atoms with Gasteiger partial charge in [0.15, 0.2) is 0 Å². The molecule has 1 aromatic heterocycles. The summed E-state index contributed by atoms with van der Waals surface area (Å²) < 4.78 is 0. The summed E-state index contributed by atoms with van der Waals surface area (Å²) in [5, 5.41) is 21.8. The Labute approximate surface area is 189 Å². The molecule has 0 saturated heterocycles. The highest BCUT2D eigenvalue weighted by Crippen LogP contribution is 2.32. The second kappa shape index (κ2) is 9.91. The summed E-state index contributed by atoms with van der Waals surface area (Å²) in [4.78, 5) is 25.2. The third kappa shape index (κ3) is 5.21. The van der Waals surface area contributed by atoms with Crippen LogP contribution in [0.3, 0.4) is 0 Å². The number of rotatable bonds is 6. The van der Waals surface area contributed by atoms with Crippen molar-refractivity contribution in [3.8, 4) is 11.1 Å². The van der Waals surface area contributed by atoms with E-state index in [9.17, 15) is 14.7 Å². The lowest BCUT2D eigenvalue weighted by Crippen LogP contribution is -2.20. The Balaban J connectivity index is 1.57. The topological polar surface area (TPSA) is 90.5 Å². The van der Waals surface area contributed by atoms with Crippen LogP contribution >= 0.6 is 11.3 Å². The molecule has 0 fully saturated rings. The number of thiophene rings is 1. The third-order valence-electron chi connectivity index (χ3n) is 4.76. The molecule has 0 atom stereocenters. The predicted octanol–water partition coefficient (Wildman–Crippen LogP) is 5.80. The molecule has 0 radical (unpaired) electrons. The van der Waals surface area contributed by atoms with Gasteiger partial charge in [-0.3, -0.25) is 4.79 Å². The molecule has 0 unspecified atom stereocenters. The number of nitrogens with one attached hydrogen (secondary N) is 3. The molecule has 32 heavy (non-hydrogen) atoms. The SMILES string of the molecule is O=C(Nc1cccc(CO)c1)Nc1cc(NC(=O)c2ccccc2)ccc1-c1ccsc1. The first kappa shape index (κ1) is 21.3. The van der Waals surface area contributed by atoms with E-state index in [2.05, 4.69) is 16.0 Å². The molecule has 7 heteroatoms. The maximum absolute atomic E-state index is 12.7. The quantitative estimate of drug-likeness (QED) is 0.303.